The quantitative estimate of drug-likeness (QED) is 0.411. The van der Waals surface area contributed by atoms with Gasteiger partial charge in [0.25, 0.3) is 11.5 Å². The topological polar surface area (TPSA) is 99.4 Å². The molecule has 0 fully saturated rings. The second-order valence-corrected chi connectivity index (χ2v) is 10.6. The summed E-state index contributed by atoms with van der Waals surface area (Å²) in [5.41, 5.74) is 2.72. The first kappa shape index (κ1) is 27.4. The van der Waals surface area contributed by atoms with Crippen molar-refractivity contribution in [1.29, 1.82) is 0 Å². The van der Waals surface area contributed by atoms with Crippen LogP contribution in [0, 0.1) is 0 Å². The van der Waals surface area contributed by atoms with Crippen molar-refractivity contribution in [3.8, 4) is 11.5 Å². The Bertz CT molecular complexity index is 1730. The van der Waals surface area contributed by atoms with Gasteiger partial charge in [0.1, 0.15) is 4.53 Å². The maximum Gasteiger partial charge on any atom is 0.338 e. The SMILES string of the molecule is CCOC(=O)C1=C(C)N=c2s/c(=C3/C(=O)N(C(C)C)c4ccccc43)c(=O)n2[C@H]1c1ccc(OC)c(OCC)c1. The van der Waals surface area contributed by atoms with E-state index in [9.17, 15) is 14.4 Å². The molecular weight excluding hydrogens is 530 g/mol. The fourth-order valence-electron chi connectivity index (χ4n) is 5.26. The van der Waals surface area contributed by atoms with E-state index in [1.807, 2.05) is 45.0 Å². The monoisotopic (exact) mass is 561 g/mol. The van der Waals surface area contributed by atoms with Crippen molar-refractivity contribution in [2.75, 3.05) is 25.2 Å². The number of carbonyl (C=O) groups is 2. The Labute approximate surface area is 235 Å². The summed E-state index contributed by atoms with van der Waals surface area (Å²) in [7, 11) is 1.55. The maximum atomic E-state index is 14.3. The van der Waals surface area contributed by atoms with Gasteiger partial charge in [0.15, 0.2) is 16.3 Å². The molecule has 0 saturated carbocycles. The summed E-state index contributed by atoms with van der Waals surface area (Å²) >= 11 is 1.15. The molecular formula is C30H31N3O6S. The predicted molar refractivity (Wildman–Crippen MR) is 153 cm³/mol. The first-order valence-corrected chi connectivity index (χ1v) is 14.0. The number of aromatic nitrogens is 1. The Morgan fingerprint density at radius 1 is 1.07 bits per heavy atom. The predicted octanol–water partition coefficient (Wildman–Crippen LogP) is 3.33. The Balaban J connectivity index is 1.82. The van der Waals surface area contributed by atoms with Gasteiger partial charge in [0.2, 0.25) is 0 Å². The van der Waals surface area contributed by atoms with Crippen LogP contribution < -0.4 is 29.3 Å². The standard InChI is InChI=1S/C30H31N3O6S/c1-7-38-22-15-18(13-14-21(22)37-6)25-23(29(36)39-8-2)17(5)31-30-33(25)28(35)26(40-30)24-19-11-9-10-12-20(19)32(16(3)4)27(24)34/h9-16,25H,7-8H2,1-6H3/b26-24+/t25-/m0/s1. The number of ether oxygens (including phenoxy) is 3. The number of hydrogen-bond donors (Lipinski definition) is 0. The molecule has 0 radical (unpaired) electrons. The summed E-state index contributed by atoms with van der Waals surface area (Å²) in [5, 5.41) is 0. The number of benzene rings is 2. The van der Waals surface area contributed by atoms with Crippen LogP contribution in [0.1, 0.15) is 51.8 Å². The highest BCUT2D eigenvalue weighted by Crippen LogP contribution is 2.38. The third-order valence-corrected chi connectivity index (χ3v) is 7.96. The van der Waals surface area contributed by atoms with E-state index in [2.05, 4.69) is 4.99 Å². The smallest absolute Gasteiger partial charge is 0.338 e. The van der Waals surface area contributed by atoms with Crippen LogP contribution in [-0.2, 0) is 14.3 Å². The molecule has 0 saturated heterocycles. The highest BCUT2D eigenvalue weighted by Gasteiger charge is 2.38. The zero-order valence-electron chi connectivity index (χ0n) is 23.3. The first-order chi connectivity index (χ1) is 19.2. The second kappa shape index (κ2) is 10.8. The number of para-hydroxylation sites is 1. The van der Waals surface area contributed by atoms with E-state index < -0.39 is 17.6 Å². The van der Waals surface area contributed by atoms with Crippen LogP contribution >= 0.6 is 11.3 Å². The van der Waals surface area contributed by atoms with Crippen LogP contribution in [0.15, 0.2) is 63.5 Å². The van der Waals surface area contributed by atoms with Crippen LogP contribution in [0.5, 0.6) is 11.5 Å². The van der Waals surface area contributed by atoms with Gasteiger partial charge < -0.3 is 19.1 Å². The summed E-state index contributed by atoms with van der Waals surface area (Å²) in [5.74, 6) is 0.217. The van der Waals surface area contributed by atoms with Gasteiger partial charge in [-0.25, -0.2) is 9.79 Å². The minimum atomic E-state index is -0.845. The molecule has 1 aromatic heterocycles. The number of hydrogen-bond acceptors (Lipinski definition) is 8. The molecule has 2 aliphatic heterocycles. The van der Waals surface area contributed by atoms with E-state index in [4.69, 9.17) is 14.2 Å². The van der Waals surface area contributed by atoms with E-state index in [0.29, 0.717) is 45.3 Å². The van der Waals surface area contributed by atoms with E-state index in [-0.39, 0.29) is 28.7 Å². The molecule has 1 amide bonds. The third kappa shape index (κ3) is 4.32. The van der Waals surface area contributed by atoms with E-state index in [1.54, 1.807) is 44.1 Å². The summed E-state index contributed by atoms with van der Waals surface area (Å²) in [6.07, 6.45) is 0. The van der Waals surface area contributed by atoms with Crippen molar-refractivity contribution in [3.05, 3.63) is 84.5 Å². The molecule has 0 unspecified atom stereocenters. The maximum absolute atomic E-state index is 14.3. The van der Waals surface area contributed by atoms with Crippen molar-refractivity contribution in [2.45, 2.75) is 46.7 Å². The lowest BCUT2D eigenvalue weighted by molar-refractivity contribution is -0.139. The van der Waals surface area contributed by atoms with Crippen molar-refractivity contribution in [2.24, 2.45) is 4.99 Å². The van der Waals surface area contributed by atoms with E-state index >= 15 is 0 Å². The summed E-state index contributed by atoms with van der Waals surface area (Å²) in [6, 6.07) is 11.8. The van der Waals surface area contributed by atoms with Crippen molar-refractivity contribution < 1.29 is 23.8 Å². The summed E-state index contributed by atoms with van der Waals surface area (Å²) in [4.78, 5) is 48.0. The number of esters is 1. The molecule has 10 heteroatoms. The average molecular weight is 562 g/mol. The number of thiazole rings is 1. The Morgan fingerprint density at radius 3 is 2.50 bits per heavy atom. The molecule has 208 valence electrons. The van der Waals surface area contributed by atoms with Crippen LogP contribution in [0.25, 0.3) is 5.57 Å². The van der Waals surface area contributed by atoms with Gasteiger partial charge in [-0.1, -0.05) is 35.6 Å². The van der Waals surface area contributed by atoms with Crippen molar-refractivity contribution in [3.63, 3.8) is 0 Å². The van der Waals surface area contributed by atoms with Gasteiger partial charge in [0, 0.05) is 11.6 Å². The number of rotatable bonds is 7. The van der Waals surface area contributed by atoms with Gasteiger partial charge in [-0.05, 0) is 58.4 Å². The Hall–Kier alpha value is -4.18. The fraction of sp³-hybridized carbons (Fsp3) is 0.333. The van der Waals surface area contributed by atoms with Crippen LogP contribution in [0.2, 0.25) is 0 Å². The van der Waals surface area contributed by atoms with Crippen LogP contribution in [-0.4, -0.2) is 42.8 Å². The van der Waals surface area contributed by atoms with Gasteiger partial charge in [0.05, 0.1) is 48.9 Å². The molecule has 2 aromatic carbocycles. The molecule has 5 rings (SSSR count). The fourth-order valence-corrected chi connectivity index (χ4v) is 6.40. The number of fused-ring (bicyclic) bond motifs is 2. The van der Waals surface area contributed by atoms with Crippen LogP contribution in [0.4, 0.5) is 5.69 Å². The summed E-state index contributed by atoms with van der Waals surface area (Å²) in [6.45, 7) is 9.76. The molecule has 0 aliphatic carbocycles. The van der Waals surface area contributed by atoms with Gasteiger partial charge in [-0.2, -0.15) is 0 Å². The normalized spacial score (nSPS) is 17.5. The number of carbonyl (C=O) groups excluding carboxylic acids is 2. The number of anilines is 1. The number of nitrogens with zero attached hydrogens (tertiary/aromatic N) is 3. The first-order valence-electron chi connectivity index (χ1n) is 13.2. The van der Waals surface area contributed by atoms with Gasteiger partial charge >= 0.3 is 5.97 Å². The molecule has 9 nitrogen and oxygen atoms in total. The Morgan fingerprint density at radius 2 is 1.82 bits per heavy atom. The molecule has 2 aliphatic rings. The molecule has 40 heavy (non-hydrogen) atoms. The second-order valence-electron chi connectivity index (χ2n) is 9.63. The van der Waals surface area contributed by atoms with Crippen LogP contribution in [0.3, 0.4) is 0 Å². The lowest BCUT2D eigenvalue weighted by Gasteiger charge is -2.25. The highest BCUT2D eigenvalue weighted by atomic mass is 32.1. The Kier molecular flexibility index (Phi) is 7.37. The zero-order chi connectivity index (χ0) is 28.7. The number of amides is 1. The van der Waals surface area contributed by atoms with E-state index in [0.717, 1.165) is 17.0 Å². The molecule has 1 atom stereocenters. The summed E-state index contributed by atoms with van der Waals surface area (Å²) < 4.78 is 18.4. The minimum Gasteiger partial charge on any atom is -0.493 e. The lowest BCUT2D eigenvalue weighted by Crippen LogP contribution is -2.41. The lowest BCUT2D eigenvalue weighted by atomic mass is 9.95. The van der Waals surface area contributed by atoms with Crippen molar-refractivity contribution >= 4 is 34.5 Å². The van der Waals surface area contributed by atoms with Gasteiger partial charge in [-0.3, -0.25) is 14.2 Å². The van der Waals surface area contributed by atoms with Crippen molar-refractivity contribution in [1.82, 2.24) is 4.57 Å². The molecule has 3 aromatic rings. The molecule has 3 heterocycles. The molecule has 0 spiro atoms. The average Bonchev–Trinajstić information content (AvgIpc) is 3.40. The molecule has 0 bridgehead atoms. The minimum absolute atomic E-state index is 0.100. The highest BCUT2D eigenvalue weighted by molar-refractivity contribution is 7.07. The number of methoxy groups -OCH3 is 1. The number of allylic oxidation sites excluding steroid dienone is 1. The zero-order valence-corrected chi connectivity index (χ0v) is 24.1. The van der Waals surface area contributed by atoms with E-state index in [1.165, 1.54) is 4.57 Å². The third-order valence-electron chi connectivity index (χ3n) is 6.90. The molecule has 0 N–H and O–H groups in total. The largest absolute Gasteiger partial charge is 0.493 e. The van der Waals surface area contributed by atoms with Gasteiger partial charge in [-0.15, -0.1) is 0 Å².